The van der Waals surface area contributed by atoms with Crippen molar-refractivity contribution >= 4 is 23.4 Å². The van der Waals surface area contributed by atoms with Gasteiger partial charge in [-0.2, -0.15) is 0 Å². The van der Waals surface area contributed by atoms with E-state index >= 15 is 0 Å². The van der Waals surface area contributed by atoms with Crippen LogP contribution in [-0.2, 0) is 9.53 Å². The predicted octanol–water partition coefficient (Wildman–Crippen LogP) is 2.49. The Morgan fingerprint density at radius 1 is 1.40 bits per heavy atom. The molecule has 0 atom stereocenters. The first-order valence-corrected chi connectivity index (χ1v) is 8.01. The third-order valence-corrected chi connectivity index (χ3v) is 4.71. The molecule has 0 aliphatic carbocycles. The van der Waals surface area contributed by atoms with E-state index < -0.39 is 5.41 Å². The molecule has 1 aromatic carbocycles. The lowest BCUT2D eigenvalue weighted by Gasteiger charge is -2.34. The van der Waals surface area contributed by atoms with Crippen LogP contribution in [0.15, 0.2) is 29.2 Å². The molecule has 3 N–H and O–H groups in total. The van der Waals surface area contributed by atoms with E-state index in [0.29, 0.717) is 32.6 Å². The maximum absolute atomic E-state index is 12.6. The Morgan fingerprint density at radius 3 is 2.75 bits per heavy atom. The molecule has 5 heteroatoms. The number of hydrogen-bond donors (Lipinski definition) is 2. The number of ether oxygens (including phenoxy) is 1. The standard InChI is InChI=1S/C15H22N2O2S/c1-2-20-13-6-4-3-5-12(13)17-14(18)15(11-16)7-9-19-10-8-15/h3-6H,2,7-11,16H2,1H3,(H,17,18). The lowest BCUT2D eigenvalue weighted by atomic mass is 9.79. The van der Waals surface area contributed by atoms with Crippen LogP contribution in [0.2, 0.25) is 0 Å². The van der Waals surface area contributed by atoms with Crippen LogP contribution in [0.25, 0.3) is 0 Å². The van der Waals surface area contributed by atoms with Gasteiger partial charge in [-0.05, 0) is 30.7 Å². The SMILES string of the molecule is CCSc1ccccc1NC(=O)C1(CN)CCOCC1. The summed E-state index contributed by atoms with van der Waals surface area (Å²) in [7, 11) is 0. The molecule has 1 amide bonds. The third-order valence-electron chi connectivity index (χ3n) is 3.76. The Labute approximate surface area is 124 Å². The molecule has 4 nitrogen and oxygen atoms in total. The summed E-state index contributed by atoms with van der Waals surface area (Å²) in [5.74, 6) is 0.996. The second kappa shape index (κ2) is 7.11. The van der Waals surface area contributed by atoms with Crippen LogP contribution in [-0.4, -0.2) is 31.4 Å². The van der Waals surface area contributed by atoms with Crippen LogP contribution in [0.4, 0.5) is 5.69 Å². The molecule has 0 spiro atoms. The van der Waals surface area contributed by atoms with Gasteiger partial charge in [0.05, 0.1) is 11.1 Å². The third kappa shape index (κ3) is 3.34. The number of carbonyl (C=O) groups excluding carboxylic acids is 1. The maximum Gasteiger partial charge on any atom is 0.232 e. The van der Waals surface area contributed by atoms with E-state index in [0.717, 1.165) is 16.3 Å². The van der Waals surface area contributed by atoms with Crippen molar-refractivity contribution in [2.24, 2.45) is 11.1 Å². The molecule has 1 aromatic rings. The Bertz CT molecular complexity index is 459. The van der Waals surface area contributed by atoms with Crippen LogP contribution < -0.4 is 11.1 Å². The summed E-state index contributed by atoms with van der Waals surface area (Å²) in [4.78, 5) is 13.7. The lowest BCUT2D eigenvalue weighted by molar-refractivity contribution is -0.130. The number of anilines is 1. The van der Waals surface area contributed by atoms with Gasteiger partial charge in [0.1, 0.15) is 0 Å². The van der Waals surface area contributed by atoms with Gasteiger partial charge in [0.25, 0.3) is 0 Å². The molecule has 1 fully saturated rings. The smallest absolute Gasteiger partial charge is 0.232 e. The zero-order valence-electron chi connectivity index (χ0n) is 11.9. The second-order valence-corrected chi connectivity index (χ2v) is 6.29. The molecule has 20 heavy (non-hydrogen) atoms. The highest BCUT2D eigenvalue weighted by atomic mass is 32.2. The molecular formula is C15H22N2O2S. The summed E-state index contributed by atoms with van der Waals surface area (Å²) < 4.78 is 5.35. The maximum atomic E-state index is 12.6. The average molecular weight is 294 g/mol. The minimum Gasteiger partial charge on any atom is -0.381 e. The first kappa shape index (κ1) is 15.4. The van der Waals surface area contributed by atoms with Crippen molar-refractivity contribution in [3.63, 3.8) is 0 Å². The molecule has 0 saturated carbocycles. The predicted molar refractivity (Wildman–Crippen MR) is 83.0 cm³/mol. The normalized spacial score (nSPS) is 17.7. The molecule has 2 rings (SSSR count). The highest BCUT2D eigenvalue weighted by Gasteiger charge is 2.38. The van der Waals surface area contributed by atoms with Crippen LogP contribution in [0.1, 0.15) is 19.8 Å². The Morgan fingerprint density at radius 2 is 2.10 bits per heavy atom. The van der Waals surface area contributed by atoms with Crippen LogP contribution >= 0.6 is 11.8 Å². The average Bonchev–Trinajstić information content (AvgIpc) is 2.50. The topological polar surface area (TPSA) is 64.4 Å². The van der Waals surface area contributed by atoms with Gasteiger partial charge in [-0.1, -0.05) is 19.1 Å². The molecule has 0 unspecified atom stereocenters. The molecule has 110 valence electrons. The second-order valence-electron chi connectivity index (χ2n) is 4.98. The zero-order chi connectivity index (χ0) is 14.4. The Kier molecular flexibility index (Phi) is 5.46. The quantitative estimate of drug-likeness (QED) is 0.819. The fourth-order valence-corrected chi connectivity index (χ4v) is 3.15. The minimum atomic E-state index is -0.484. The van der Waals surface area contributed by atoms with E-state index in [1.165, 1.54) is 0 Å². The highest BCUT2D eigenvalue weighted by Crippen LogP contribution is 2.33. The van der Waals surface area contributed by atoms with Crippen molar-refractivity contribution in [1.82, 2.24) is 0 Å². The number of nitrogens with two attached hydrogens (primary N) is 1. The van der Waals surface area contributed by atoms with Gasteiger partial charge in [0.15, 0.2) is 0 Å². The summed E-state index contributed by atoms with van der Waals surface area (Å²) >= 11 is 1.73. The summed E-state index contributed by atoms with van der Waals surface area (Å²) in [5, 5.41) is 3.06. The van der Waals surface area contributed by atoms with E-state index in [9.17, 15) is 4.79 Å². The number of hydrogen-bond acceptors (Lipinski definition) is 4. The van der Waals surface area contributed by atoms with E-state index in [1.807, 2.05) is 24.3 Å². The van der Waals surface area contributed by atoms with Gasteiger partial charge >= 0.3 is 0 Å². The van der Waals surface area contributed by atoms with Gasteiger partial charge in [0, 0.05) is 24.7 Å². The van der Waals surface area contributed by atoms with E-state index in [4.69, 9.17) is 10.5 Å². The minimum absolute atomic E-state index is 0.0208. The van der Waals surface area contributed by atoms with Crippen molar-refractivity contribution in [2.75, 3.05) is 30.8 Å². The van der Waals surface area contributed by atoms with Crippen molar-refractivity contribution in [1.29, 1.82) is 0 Å². The molecule has 1 aliphatic heterocycles. The lowest BCUT2D eigenvalue weighted by Crippen LogP contribution is -2.46. The number of carbonyl (C=O) groups is 1. The molecule has 1 heterocycles. The molecule has 0 radical (unpaired) electrons. The molecule has 1 aliphatic rings. The first-order valence-electron chi connectivity index (χ1n) is 7.03. The fourth-order valence-electron chi connectivity index (χ4n) is 2.39. The summed E-state index contributed by atoms with van der Waals surface area (Å²) in [6, 6.07) is 7.90. The molecule has 0 aromatic heterocycles. The summed E-state index contributed by atoms with van der Waals surface area (Å²) in [6.45, 7) is 3.68. The van der Waals surface area contributed by atoms with Crippen molar-refractivity contribution in [3.05, 3.63) is 24.3 Å². The van der Waals surface area contributed by atoms with E-state index in [1.54, 1.807) is 11.8 Å². The monoisotopic (exact) mass is 294 g/mol. The van der Waals surface area contributed by atoms with Gasteiger partial charge in [-0.3, -0.25) is 4.79 Å². The number of para-hydroxylation sites is 1. The Balaban J connectivity index is 2.14. The number of nitrogens with one attached hydrogen (secondary N) is 1. The van der Waals surface area contributed by atoms with Crippen molar-refractivity contribution in [2.45, 2.75) is 24.7 Å². The van der Waals surface area contributed by atoms with Gasteiger partial charge in [0.2, 0.25) is 5.91 Å². The molecule has 1 saturated heterocycles. The van der Waals surface area contributed by atoms with E-state index in [-0.39, 0.29) is 5.91 Å². The highest BCUT2D eigenvalue weighted by molar-refractivity contribution is 7.99. The van der Waals surface area contributed by atoms with Crippen LogP contribution in [0.5, 0.6) is 0 Å². The molecule has 0 bridgehead atoms. The first-order chi connectivity index (χ1) is 9.72. The number of rotatable bonds is 5. The van der Waals surface area contributed by atoms with Crippen molar-refractivity contribution < 1.29 is 9.53 Å². The number of amides is 1. The van der Waals surface area contributed by atoms with E-state index in [2.05, 4.69) is 12.2 Å². The summed E-state index contributed by atoms with van der Waals surface area (Å²) in [5.41, 5.74) is 6.26. The number of benzene rings is 1. The van der Waals surface area contributed by atoms with Crippen LogP contribution in [0.3, 0.4) is 0 Å². The summed E-state index contributed by atoms with van der Waals surface area (Å²) in [6.07, 6.45) is 1.39. The van der Waals surface area contributed by atoms with Gasteiger partial charge < -0.3 is 15.8 Å². The van der Waals surface area contributed by atoms with Crippen LogP contribution in [0, 0.1) is 5.41 Å². The Hall–Kier alpha value is -1.04. The van der Waals surface area contributed by atoms with Gasteiger partial charge in [-0.15, -0.1) is 11.8 Å². The fraction of sp³-hybridized carbons (Fsp3) is 0.533. The largest absolute Gasteiger partial charge is 0.381 e. The van der Waals surface area contributed by atoms with Gasteiger partial charge in [-0.25, -0.2) is 0 Å². The zero-order valence-corrected chi connectivity index (χ0v) is 12.7. The molecular weight excluding hydrogens is 272 g/mol. The number of thioether (sulfide) groups is 1. The van der Waals surface area contributed by atoms with Crippen molar-refractivity contribution in [3.8, 4) is 0 Å².